The van der Waals surface area contributed by atoms with E-state index >= 15 is 0 Å². The molecule has 1 rings (SSSR count). The number of ketones is 1. The molecule has 1 unspecified atom stereocenters. The van der Waals surface area contributed by atoms with Crippen LogP contribution in [-0.2, 0) is 4.79 Å². The van der Waals surface area contributed by atoms with Crippen molar-refractivity contribution in [1.29, 1.82) is 0 Å². The average Bonchev–Trinajstić information content (AvgIpc) is 2.26. The molecule has 0 aliphatic carbocycles. The number of non-ortho nitro benzene ring substituents is 1. The molecule has 1 aromatic rings. The first-order valence-corrected chi connectivity index (χ1v) is 4.94. The molecule has 6 nitrogen and oxygen atoms in total. The van der Waals surface area contributed by atoms with Gasteiger partial charge in [-0.05, 0) is 18.6 Å². The lowest BCUT2D eigenvalue weighted by Gasteiger charge is -2.09. The maximum Gasteiger partial charge on any atom is 0.336 e. The highest BCUT2D eigenvalue weighted by atomic mass is 35.5. The van der Waals surface area contributed by atoms with Crippen LogP contribution in [0.5, 0.6) is 0 Å². The lowest BCUT2D eigenvalue weighted by atomic mass is 10.0. The van der Waals surface area contributed by atoms with Crippen molar-refractivity contribution in [2.45, 2.75) is 12.3 Å². The van der Waals surface area contributed by atoms with Crippen molar-refractivity contribution >= 4 is 29.0 Å². The van der Waals surface area contributed by atoms with Gasteiger partial charge >= 0.3 is 5.97 Å². The van der Waals surface area contributed by atoms with Gasteiger partial charge in [0.2, 0.25) is 0 Å². The first kappa shape index (κ1) is 13.1. The molecule has 0 aliphatic rings. The van der Waals surface area contributed by atoms with Crippen molar-refractivity contribution in [3.63, 3.8) is 0 Å². The molecule has 0 saturated heterocycles. The minimum Gasteiger partial charge on any atom is -0.478 e. The van der Waals surface area contributed by atoms with Crippen LogP contribution in [0.4, 0.5) is 5.69 Å². The van der Waals surface area contributed by atoms with Crippen LogP contribution in [0.1, 0.15) is 28.2 Å². The lowest BCUT2D eigenvalue weighted by molar-refractivity contribution is -0.384. The third kappa shape index (κ3) is 2.79. The van der Waals surface area contributed by atoms with E-state index in [2.05, 4.69) is 0 Å². The van der Waals surface area contributed by atoms with Gasteiger partial charge in [0.05, 0.1) is 10.5 Å². The zero-order valence-corrected chi connectivity index (χ0v) is 9.47. The van der Waals surface area contributed by atoms with Crippen molar-refractivity contribution in [3.05, 3.63) is 39.4 Å². The Bertz CT molecular complexity index is 499. The first-order valence-electron chi connectivity index (χ1n) is 4.50. The van der Waals surface area contributed by atoms with Gasteiger partial charge in [0.15, 0.2) is 5.78 Å². The summed E-state index contributed by atoms with van der Waals surface area (Å²) in [4.78, 5) is 31.8. The van der Waals surface area contributed by atoms with Gasteiger partial charge in [-0.2, -0.15) is 0 Å². The number of carboxylic acid groups (broad SMARTS) is 1. The van der Waals surface area contributed by atoms with E-state index in [1.807, 2.05) is 0 Å². The molecule has 1 N–H and O–H groups in total. The molecule has 0 amide bonds. The molecule has 0 aromatic heterocycles. The molecule has 7 heteroatoms. The molecule has 0 radical (unpaired) electrons. The fourth-order valence-electron chi connectivity index (χ4n) is 1.28. The number of benzene rings is 1. The van der Waals surface area contributed by atoms with Crippen LogP contribution in [0.25, 0.3) is 0 Å². The zero-order chi connectivity index (χ0) is 13.2. The number of carbonyl (C=O) groups excluding carboxylic acids is 1. The number of Topliss-reactive ketones (excluding diaryl/α,β-unsaturated/α-hetero) is 1. The topological polar surface area (TPSA) is 97.5 Å². The van der Waals surface area contributed by atoms with Gasteiger partial charge in [-0.3, -0.25) is 14.9 Å². The molecule has 0 spiro atoms. The Balaban J connectivity index is 3.37. The fraction of sp³-hybridized carbons (Fsp3) is 0.200. The number of alkyl halides is 1. The second-order valence-corrected chi connectivity index (χ2v) is 3.74. The lowest BCUT2D eigenvalue weighted by Crippen LogP contribution is -2.09. The minimum absolute atomic E-state index is 0.0530. The van der Waals surface area contributed by atoms with Gasteiger partial charge in [-0.15, -0.1) is 11.6 Å². The van der Waals surface area contributed by atoms with Crippen LogP contribution in [0, 0.1) is 10.1 Å². The van der Waals surface area contributed by atoms with E-state index in [4.69, 9.17) is 16.7 Å². The number of halogens is 1. The number of hydrogen-bond donors (Lipinski definition) is 1. The van der Waals surface area contributed by atoms with Crippen molar-refractivity contribution in [2.24, 2.45) is 0 Å². The molecule has 1 aromatic carbocycles. The van der Waals surface area contributed by atoms with E-state index < -0.39 is 22.1 Å². The monoisotopic (exact) mass is 257 g/mol. The third-order valence-electron chi connectivity index (χ3n) is 2.11. The number of carbonyl (C=O) groups is 2. The summed E-state index contributed by atoms with van der Waals surface area (Å²) in [6, 6.07) is 3.18. The summed E-state index contributed by atoms with van der Waals surface area (Å²) in [6.45, 7) is 1.21. The Morgan fingerprint density at radius 2 is 2.06 bits per heavy atom. The Hall–Kier alpha value is -1.95. The fourth-order valence-corrected chi connectivity index (χ4v) is 1.47. The molecule has 0 bridgehead atoms. The number of nitro groups is 1. The summed E-state index contributed by atoms with van der Waals surface area (Å²) < 4.78 is 0. The second-order valence-electron chi connectivity index (χ2n) is 3.31. The number of hydrogen-bond acceptors (Lipinski definition) is 4. The predicted octanol–water partition coefficient (Wildman–Crippen LogP) is 2.16. The summed E-state index contributed by atoms with van der Waals surface area (Å²) >= 11 is 5.74. The second kappa shape index (κ2) is 4.92. The van der Waals surface area contributed by atoms with Gasteiger partial charge in [0.25, 0.3) is 5.69 Å². The Labute approximate surface area is 101 Å². The Kier molecular flexibility index (Phi) is 3.80. The van der Waals surface area contributed by atoms with Crippen LogP contribution in [-0.4, -0.2) is 21.8 Å². The highest BCUT2D eigenvalue weighted by molar-refractivity contribution is 6.31. The number of rotatable bonds is 4. The van der Waals surface area contributed by atoms with Gasteiger partial charge in [0, 0.05) is 12.1 Å². The molecular weight excluding hydrogens is 250 g/mol. The summed E-state index contributed by atoms with van der Waals surface area (Å²) in [5.41, 5.74) is -0.648. The zero-order valence-electron chi connectivity index (χ0n) is 8.71. The first-order chi connectivity index (χ1) is 7.84. The number of nitrogens with zero attached hydrogens (tertiary/aromatic N) is 1. The Morgan fingerprint density at radius 3 is 2.47 bits per heavy atom. The standard InChI is InChI=1S/C10H8ClNO5/c1-5(13)9(11)7-3-2-6(12(16)17)4-8(7)10(14)15/h2-4,9H,1H3,(H,14,15). The third-order valence-corrected chi connectivity index (χ3v) is 2.65. The van der Waals surface area contributed by atoms with Gasteiger partial charge in [-0.25, -0.2) is 4.79 Å². The van der Waals surface area contributed by atoms with E-state index in [0.29, 0.717) is 0 Å². The van der Waals surface area contributed by atoms with E-state index in [0.717, 1.165) is 12.1 Å². The SMILES string of the molecule is CC(=O)C(Cl)c1ccc([N+](=O)[O-])cc1C(=O)O. The summed E-state index contributed by atoms with van der Waals surface area (Å²) in [5, 5.41) is 18.3. The highest BCUT2D eigenvalue weighted by Gasteiger charge is 2.23. The molecule has 90 valence electrons. The van der Waals surface area contributed by atoms with Gasteiger partial charge < -0.3 is 5.11 Å². The van der Waals surface area contributed by atoms with Crippen molar-refractivity contribution in [3.8, 4) is 0 Å². The minimum atomic E-state index is -1.37. The Morgan fingerprint density at radius 1 is 1.47 bits per heavy atom. The molecule has 0 heterocycles. The quantitative estimate of drug-likeness (QED) is 0.506. The molecule has 0 aliphatic heterocycles. The molecule has 17 heavy (non-hydrogen) atoms. The van der Waals surface area contributed by atoms with Crippen LogP contribution in [0.3, 0.4) is 0 Å². The van der Waals surface area contributed by atoms with Crippen LogP contribution >= 0.6 is 11.6 Å². The van der Waals surface area contributed by atoms with Crippen molar-refractivity contribution in [1.82, 2.24) is 0 Å². The normalized spacial score (nSPS) is 11.9. The number of carboxylic acids is 1. The highest BCUT2D eigenvalue weighted by Crippen LogP contribution is 2.28. The smallest absolute Gasteiger partial charge is 0.336 e. The molecule has 0 saturated carbocycles. The van der Waals surface area contributed by atoms with Crippen molar-refractivity contribution in [2.75, 3.05) is 0 Å². The van der Waals surface area contributed by atoms with E-state index in [-0.39, 0.29) is 16.8 Å². The number of nitro benzene ring substituents is 1. The maximum atomic E-state index is 11.1. The summed E-state index contributed by atoms with van der Waals surface area (Å²) in [7, 11) is 0. The van der Waals surface area contributed by atoms with E-state index in [9.17, 15) is 19.7 Å². The number of aromatic carboxylic acids is 1. The molecular formula is C10H8ClNO5. The van der Waals surface area contributed by atoms with Gasteiger partial charge in [-0.1, -0.05) is 0 Å². The summed E-state index contributed by atoms with van der Waals surface area (Å²) in [5.74, 6) is -1.79. The largest absolute Gasteiger partial charge is 0.478 e. The van der Waals surface area contributed by atoms with E-state index in [1.54, 1.807) is 0 Å². The van der Waals surface area contributed by atoms with E-state index in [1.165, 1.54) is 13.0 Å². The van der Waals surface area contributed by atoms with Crippen LogP contribution in [0.2, 0.25) is 0 Å². The van der Waals surface area contributed by atoms with Crippen LogP contribution in [0.15, 0.2) is 18.2 Å². The molecule has 1 atom stereocenters. The average molecular weight is 258 g/mol. The predicted molar refractivity (Wildman–Crippen MR) is 59.3 cm³/mol. The van der Waals surface area contributed by atoms with Gasteiger partial charge in [0.1, 0.15) is 5.38 Å². The molecule has 0 fully saturated rings. The summed E-state index contributed by atoms with van der Waals surface area (Å²) in [6.07, 6.45) is 0. The van der Waals surface area contributed by atoms with Crippen molar-refractivity contribution < 1.29 is 19.6 Å². The maximum absolute atomic E-state index is 11.1. The van der Waals surface area contributed by atoms with Crippen LogP contribution < -0.4 is 0 Å².